The van der Waals surface area contributed by atoms with E-state index in [1.165, 1.54) is 5.56 Å². The second-order valence-electron chi connectivity index (χ2n) is 3.78. The van der Waals surface area contributed by atoms with E-state index in [0.29, 0.717) is 0 Å². The zero-order valence-corrected chi connectivity index (χ0v) is 9.38. The minimum atomic E-state index is 0.210. The van der Waals surface area contributed by atoms with Crippen LogP contribution in [0.3, 0.4) is 0 Å². The average molecular weight is 209 g/mol. The Morgan fingerprint density at radius 2 is 1.44 bits per heavy atom. The van der Waals surface area contributed by atoms with Gasteiger partial charge in [0.1, 0.15) is 0 Å². The standard InChI is InChI=1S/C15H15N/c1-13(15-10-6-3-7-11-15)16-12-14-8-4-2-5-9-14/h2-13H,1H3/t13-/m1/s1. The van der Waals surface area contributed by atoms with Gasteiger partial charge in [-0.3, -0.25) is 4.99 Å². The van der Waals surface area contributed by atoms with Crippen LogP contribution in [0.5, 0.6) is 0 Å². The van der Waals surface area contributed by atoms with E-state index in [2.05, 4.69) is 36.2 Å². The van der Waals surface area contributed by atoms with Gasteiger partial charge in [0, 0.05) is 6.21 Å². The Bertz CT molecular complexity index is 445. The predicted octanol–water partition coefficient (Wildman–Crippen LogP) is 3.87. The molecule has 0 N–H and O–H groups in total. The van der Waals surface area contributed by atoms with Crippen molar-refractivity contribution >= 4 is 6.21 Å². The maximum absolute atomic E-state index is 4.54. The van der Waals surface area contributed by atoms with Crippen molar-refractivity contribution in [2.45, 2.75) is 13.0 Å². The summed E-state index contributed by atoms with van der Waals surface area (Å²) < 4.78 is 0. The van der Waals surface area contributed by atoms with Crippen LogP contribution < -0.4 is 0 Å². The quantitative estimate of drug-likeness (QED) is 0.680. The molecule has 0 aliphatic heterocycles. The molecule has 16 heavy (non-hydrogen) atoms. The monoisotopic (exact) mass is 209 g/mol. The van der Waals surface area contributed by atoms with E-state index in [9.17, 15) is 0 Å². The molecule has 0 fully saturated rings. The van der Waals surface area contributed by atoms with E-state index in [0.717, 1.165) is 5.56 Å². The maximum Gasteiger partial charge on any atom is 0.0721 e. The molecule has 80 valence electrons. The smallest absolute Gasteiger partial charge is 0.0721 e. The number of aliphatic imine (C=N–C) groups is 1. The van der Waals surface area contributed by atoms with E-state index in [1.807, 2.05) is 42.6 Å². The number of nitrogens with zero attached hydrogens (tertiary/aromatic N) is 1. The molecule has 0 amide bonds. The SMILES string of the molecule is C[C@@H](N=Cc1ccccc1)c1ccccc1. The number of rotatable bonds is 3. The van der Waals surface area contributed by atoms with Crippen molar-refractivity contribution in [3.8, 4) is 0 Å². The second kappa shape index (κ2) is 5.26. The maximum atomic E-state index is 4.54. The van der Waals surface area contributed by atoms with Gasteiger partial charge in [-0.25, -0.2) is 0 Å². The fourth-order valence-electron chi connectivity index (χ4n) is 1.55. The topological polar surface area (TPSA) is 12.4 Å². The summed E-state index contributed by atoms with van der Waals surface area (Å²) >= 11 is 0. The Morgan fingerprint density at radius 3 is 2.06 bits per heavy atom. The molecule has 1 atom stereocenters. The van der Waals surface area contributed by atoms with Crippen molar-refractivity contribution in [1.82, 2.24) is 0 Å². The normalized spacial score (nSPS) is 12.8. The first-order valence-corrected chi connectivity index (χ1v) is 5.49. The van der Waals surface area contributed by atoms with E-state index >= 15 is 0 Å². The van der Waals surface area contributed by atoms with Crippen molar-refractivity contribution in [2.24, 2.45) is 4.99 Å². The van der Waals surface area contributed by atoms with Gasteiger partial charge in [-0.15, -0.1) is 0 Å². The third-order valence-corrected chi connectivity index (χ3v) is 2.53. The lowest BCUT2D eigenvalue weighted by atomic mass is 10.1. The van der Waals surface area contributed by atoms with Crippen molar-refractivity contribution in [3.05, 3.63) is 71.8 Å². The van der Waals surface area contributed by atoms with Crippen LogP contribution in [0.4, 0.5) is 0 Å². The van der Waals surface area contributed by atoms with Gasteiger partial charge < -0.3 is 0 Å². The van der Waals surface area contributed by atoms with Crippen LogP contribution in [0.2, 0.25) is 0 Å². The fourth-order valence-corrected chi connectivity index (χ4v) is 1.55. The summed E-state index contributed by atoms with van der Waals surface area (Å²) in [6.07, 6.45) is 1.93. The highest BCUT2D eigenvalue weighted by atomic mass is 14.8. The largest absolute Gasteiger partial charge is 0.285 e. The van der Waals surface area contributed by atoms with Gasteiger partial charge in [-0.1, -0.05) is 60.7 Å². The molecule has 0 bridgehead atoms. The molecule has 0 aliphatic rings. The minimum Gasteiger partial charge on any atom is -0.285 e. The van der Waals surface area contributed by atoms with Gasteiger partial charge in [0.05, 0.1) is 6.04 Å². The summed E-state index contributed by atoms with van der Waals surface area (Å²) in [5.41, 5.74) is 2.39. The van der Waals surface area contributed by atoms with Crippen LogP contribution in [0.25, 0.3) is 0 Å². The molecule has 0 aliphatic carbocycles. The molecule has 2 aromatic carbocycles. The molecule has 1 heteroatoms. The van der Waals surface area contributed by atoms with Crippen LogP contribution in [0.15, 0.2) is 65.7 Å². The first-order chi connectivity index (χ1) is 7.86. The zero-order chi connectivity index (χ0) is 11.2. The average Bonchev–Trinajstić information content (AvgIpc) is 2.38. The highest BCUT2D eigenvalue weighted by Crippen LogP contribution is 2.15. The third-order valence-electron chi connectivity index (χ3n) is 2.53. The molecule has 0 saturated carbocycles. The molecular formula is C15H15N. The Hall–Kier alpha value is -1.89. The molecule has 0 unspecified atom stereocenters. The first-order valence-electron chi connectivity index (χ1n) is 5.49. The predicted molar refractivity (Wildman–Crippen MR) is 68.9 cm³/mol. The Morgan fingerprint density at radius 1 is 0.875 bits per heavy atom. The molecule has 0 radical (unpaired) electrons. The van der Waals surface area contributed by atoms with Gasteiger partial charge in [-0.2, -0.15) is 0 Å². The number of hydrogen-bond donors (Lipinski definition) is 0. The lowest BCUT2D eigenvalue weighted by molar-refractivity contribution is 0.825. The van der Waals surface area contributed by atoms with E-state index in [4.69, 9.17) is 0 Å². The van der Waals surface area contributed by atoms with Crippen molar-refractivity contribution in [2.75, 3.05) is 0 Å². The molecule has 0 heterocycles. The second-order valence-corrected chi connectivity index (χ2v) is 3.78. The van der Waals surface area contributed by atoms with Gasteiger partial charge in [0.2, 0.25) is 0 Å². The third kappa shape index (κ3) is 2.80. The minimum absolute atomic E-state index is 0.210. The molecule has 0 aromatic heterocycles. The van der Waals surface area contributed by atoms with Crippen molar-refractivity contribution < 1.29 is 0 Å². The van der Waals surface area contributed by atoms with Crippen LogP contribution in [0.1, 0.15) is 24.1 Å². The van der Waals surface area contributed by atoms with Crippen molar-refractivity contribution in [1.29, 1.82) is 0 Å². The summed E-state index contributed by atoms with van der Waals surface area (Å²) in [4.78, 5) is 4.54. The van der Waals surface area contributed by atoms with Gasteiger partial charge in [0.15, 0.2) is 0 Å². The van der Waals surface area contributed by atoms with Crippen LogP contribution in [0, 0.1) is 0 Å². The highest BCUT2D eigenvalue weighted by Gasteiger charge is 1.99. The van der Waals surface area contributed by atoms with E-state index < -0.39 is 0 Å². The summed E-state index contributed by atoms with van der Waals surface area (Å²) in [6, 6.07) is 20.7. The van der Waals surface area contributed by atoms with Gasteiger partial charge in [0.25, 0.3) is 0 Å². The lowest BCUT2D eigenvalue weighted by Gasteiger charge is -2.05. The van der Waals surface area contributed by atoms with E-state index in [-0.39, 0.29) is 6.04 Å². The molecule has 0 spiro atoms. The summed E-state index contributed by atoms with van der Waals surface area (Å²) in [5, 5.41) is 0. The molecule has 2 aromatic rings. The van der Waals surface area contributed by atoms with Crippen LogP contribution in [-0.4, -0.2) is 6.21 Å². The highest BCUT2D eigenvalue weighted by molar-refractivity contribution is 5.79. The summed E-state index contributed by atoms with van der Waals surface area (Å²) in [6.45, 7) is 2.11. The fraction of sp³-hybridized carbons (Fsp3) is 0.133. The Balaban J connectivity index is 2.08. The molecule has 1 nitrogen and oxygen atoms in total. The number of hydrogen-bond acceptors (Lipinski definition) is 1. The molecular weight excluding hydrogens is 194 g/mol. The first kappa shape index (κ1) is 10.6. The Labute approximate surface area is 96.5 Å². The van der Waals surface area contributed by atoms with Gasteiger partial charge >= 0.3 is 0 Å². The van der Waals surface area contributed by atoms with Crippen molar-refractivity contribution in [3.63, 3.8) is 0 Å². The summed E-state index contributed by atoms with van der Waals surface area (Å²) in [5.74, 6) is 0. The number of benzene rings is 2. The Kier molecular flexibility index (Phi) is 3.50. The van der Waals surface area contributed by atoms with E-state index in [1.54, 1.807) is 0 Å². The molecule has 0 saturated heterocycles. The molecule has 2 rings (SSSR count). The zero-order valence-electron chi connectivity index (χ0n) is 9.38. The lowest BCUT2D eigenvalue weighted by Crippen LogP contribution is -1.90. The van der Waals surface area contributed by atoms with Gasteiger partial charge in [-0.05, 0) is 18.1 Å². The van der Waals surface area contributed by atoms with Crippen LogP contribution >= 0.6 is 0 Å². The van der Waals surface area contributed by atoms with Crippen LogP contribution in [-0.2, 0) is 0 Å². The summed E-state index contributed by atoms with van der Waals surface area (Å²) in [7, 11) is 0.